The van der Waals surface area contributed by atoms with Gasteiger partial charge >= 0.3 is 0 Å². The second-order valence-corrected chi connectivity index (χ2v) is 12.2. The van der Waals surface area contributed by atoms with Gasteiger partial charge in [-0.25, -0.2) is 0 Å². The van der Waals surface area contributed by atoms with Gasteiger partial charge in [0.2, 0.25) is 0 Å². The third-order valence-electron chi connectivity index (χ3n) is 8.28. The summed E-state index contributed by atoms with van der Waals surface area (Å²) >= 11 is 0. The van der Waals surface area contributed by atoms with Crippen molar-refractivity contribution < 1.29 is 14.6 Å². The highest BCUT2D eigenvalue weighted by molar-refractivity contribution is 5.58. The van der Waals surface area contributed by atoms with Gasteiger partial charge in [0.05, 0.1) is 0 Å². The van der Waals surface area contributed by atoms with Gasteiger partial charge in [-0.2, -0.15) is 0 Å². The van der Waals surface area contributed by atoms with Gasteiger partial charge in [0.1, 0.15) is 17.1 Å². The quantitative estimate of drug-likeness (QED) is 0.274. The second kappa shape index (κ2) is 16.6. The number of hydrogen-bond acceptors (Lipinski definition) is 3. The number of phenols is 1. The maximum absolute atomic E-state index is 10.4. The molecule has 1 aliphatic rings. The number of rotatable bonds is 14. The van der Waals surface area contributed by atoms with Crippen molar-refractivity contribution in [2.24, 2.45) is 17.8 Å². The molecule has 3 nitrogen and oxygen atoms in total. The summed E-state index contributed by atoms with van der Waals surface area (Å²) in [5.41, 5.74) is 4.23. The van der Waals surface area contributed by atoms with Crippen molar-refractivity contribution in [1.82, 2.24) is 0 Å². The molecule has 1 aliphatic heterocycles. The average molecular weight is 505 g/mol. The van der Waals surface area contributed by atoms with Crippen LogP contribution in [0.2, 0.25) is 0 Å². The molecule has 1 aromatic carbocycles. The normalized spacial score (nSPS) is 18.8. The number of phenolic OH excluding ortho intramolecular Hbond substituents is 1. The summed E-state index contributed by atoms with van der Waals surface area (Å²) in [7, 11) is 0. The van der Waals surface area contributed by atoms with E-state index in [1.54, 1.807) is 0 Å². The maximum Gasteiger partial charge on any atom is 0.127 e. The van der Waals surface area contributed by atoms with Gasteiger partial charge in [0.25, 0.3) is 0 Å². The molecule has 1 N–H and O–H groups in total. The van der Waals surface area contributed by atoms with Crippen LogP contribution in [0.15, 0.2) is 0 Å². The smallest absolute Gasteiger partial charge is 0.127 e. The van der Waals surface area contributed by atoms with Crippen molar-refractivity contribution in [3.05, 3.63) is 22.3 Å². The molecule has 0 aliphatic carbocycles. The minimum absolute atomic E-state index is 0.0712. The van der Waals surface area contributed by atoms with E-state index in [-0.39, 0.29) is 5.60 Å². The summed E-state index contributed by atoms with van der Waals surface area (Å²) in [6, 6.07) is 0. The Balaban J connectivity index is 0.00000118. The van der Waals surface area contributed by atoms with Crippen LogP contribution in [0.1, 0.15) is 135 Å². The molecule has 0 bridgehead atoms. The zero-order valence-corrected chi connectivity index (χ0v) is 25.7. The Morgan fingerprint density at radius 2 is 1.33 bits per heavy atom. The van der Waals surface area contributed by atoms with E-state index in [2.05, 4.69) is 41.5 Å². The summed E-state index contributed by atoms with van der Waals surface area (Å²) in [5, 5.41) is 10.4. The lowest BCUT2D eigenvalue weighted by molar-refractivity contribution is 0.0512. The highest BCUT2D eigenvalue weighted by atomic mass is 16.5. The van der Waals surface area contributed by atoms with E-state index in [1.165, 1.54) is 56.9 Å². The van der Waals surface area contributed by atoms with Crippen LogP contribution in [0.4, 0.5) is 0 Å². The highest BCUT2D eigenvalue weighted by Crippen LogP contribution is 2.44. The molecule has 0 amide bonds. The Morgan fingerprint density at radius 3 is 1.83 bits per heavy atom. The van der Waals surface area contributed by atoms with Crippen molar-refractivity contribution >= 4 is 0 Å². The number of fused-ring (bicyclic) bond motifs is 1. The van der Waals surface area contributed by atoms with Crippen LogP contribution in [-0.2, 0) is 11.2 Å². The van der Waals surface area contributed by atoms with Crippen LogP contribution in [0.5, 0.6) is 11.5 Å². The first kappa shape index (κ1) is 32.8. The number of hydrogen-bond donors (Lipinski definition) is 1. The minimum atomic E-state index is -0.0712. The van der Waals surface area contributed by atoms with Gasteiger partial charge in [0, 0.05) is 18.8 Å². The Hall–Kier alpha value is -1.22. The van der Waals surface area contributed by atoms with Crippen molar-refractivity contribution in [3.8, 4) is 11.5 Å². The van der Waals surface area contributed by atoms with E-state index in [0.29, 0.717) is 5.75 Å². The topological polar surface area (TPSA) is 38.7 Å². The van der Waals surface area contributed by atoms with Gasteiger partial charge in [-0.05, 0) is 102 Å². The predicted octanol–water partition coefficient (Wildman–Crippen LogP) is 9.88. The molecule has 0 fully saturated rings. The second-order valence-electron chi connectivity index (χ2n) is 12.2. The molecule has 1 heterocycles. The van der Waals surface area contributed by atoms with Crippen molar-refractivity contribution in [1.29, 1.82) is 0 Å². The molecule has 0 unspecified atom stereocenters. The standard InChI is InChI=1S/C29H50O2.C4H10O/c1-20(2)12-9-13-21(3)14-10-15-22(4)16-11-18-29(8)19-17-26-25(7)27(30)23(5)24(6)28(26)31-29;1-3-5-4-2/h20-22,30H,9-19H2,1-8H3;3-4H2,1-2H3/t21-,22-,29-;/m1./s1. The van der Waals surface area contributed by atoms with Crippen molar-refractivity contribution in [3.63, 3.8) is 0 Å². The third kappa shape index (κ3) is 11.0. The zero-order chi connectivity index (χ0) is 27.3. The largest absolute Gasteiger partial charge is 0.507 e. The molecule has 0 aromatic heterocycles. The lowest BCUT2D eigenvalue weighted by Gasteiger charge is -2.38. The highest BCUT2D eigenvalue weighted by Gasteiger charge is 2.34. The molecule has 36 heavy (non-hydrogen) atoms. The molecule has 3 heteroatoms. The predicted molar refractivity (Wildman–Crippen MR) is 157 cm³/mol. The summed E-state index contributed by atoms with van der Waals surface area (Å²) in [5.74, 6) is 4.04. The Morgan fingerprint density at radius 1 is 0.806 bits per heavy atom. The summed E-state index contributed by atoms with van der Waals surface area (Å²) in [6.07, 6.45) is 14.1. The lowest BCUT2D eigenvalue weighted by atomic mass is 9.84. The number of benzene rings is 1. The first-order chi connectivity index (χ1) is 17.0. The van der Waals surface area contributed by atoms with Gasteiger partial charge in [-0.1, -0.05) is 72.6 Å². The van der Waals surface area contributed by atoms with E-state index < -0.39 is 0 Å². The molecule has 2 rings (SSSR count). The molecule has 3 atom stereocenters. The Labute approximate surface area is 224 Å². The van der Waals surface area contributed by atoms with Gasteiger partial charge < -0.3 is 14.6 Å². The van der Waals surface area contributed by atoms with E-state index in [1.807, 2.05) is 27.7 Å². The fraction of sp³-hybridized carbons (Fsp3) is 0.818. The van der Waals surface area contributed by atoms with Crippen molar-refractivity contribution in [2.45, 2.75) is 145 Å². The monoisotopic (exact) mass is 504 g/mol. The average Bonchev–Trinajstić information content (AvgIpc) is 2.82. The first-order valence-electron chi connectivity index (χ1n) is 15.0. The fourth-order valence-corrected chi connectivity index (χ4v) is 5.48. The number of ether oxygens (including phenoxy) is 2. The summed E-state index contributed by atoms with van der Waals surface area (Å²) < 4.78 is 11.4. The molecule has 0 saturated carbocycles. The molecular weight excluding hydrogens is 444 g/mol. The molecule has 0 saturated heterocycles. The fourth-order valence-electron chi connectivity index (χ4n) is 5.48. The Kier molecular flexibility index (Phi) is 15.1. The van der Waals surface area contributed by atoms with Gasteiger partial charge in [0.15, 0.2) is 0 Å². The van der Waals surface area contributed by atoms with Crippen LogP contribution in [0.3, 0.4) is 0 Å². The lowest BCUT2D eigenvalue weighted by Crippen LogP contribution is -2.37. The van der Waals surface area contributed by atoms with E-state index in [0.717, 1.165) is 72.7 Å². The summed E-state index contributed by atoms with van der Waals surface area (Å²) in [6.45, 7) is 23.6. The zero-order valence-electron chi connectivity index (χ0n) is 25.7. The van der Waals surface area contributed by atoms with Crippen LogP contribution in [0.25, 0.3) is 0 Å². The summed E-state index contributed by atoms with van der Waals surface area (Å²) in [4.78, 5) is 0. The van der Waals surface area contributed by atoms with Gasteiger partial charge in [-0.3, -0.25) is 0 Å². The maximum atomic E-state index is 10.4. The van der Waals surface area contributed by atoms with Gasteiger partial charge in [-0.15, -0.1) is 0 Å². The SMILES string of the molecule is CCOCC.Cc1c(C)c2c(c(C)c1O)CC[C@@](C)(CCC[C@H](C)CCC[C@H](C)CCCC(C)C)O2. The van der Waals surface area contributed by atoms with Crippen molar-refractivity contribution in [2.75, 3.05) is 13.2 Å². The van der Waals surface area contributed by atoms with Crippen LogP contribution >= 0.6 is 0 Å². The molecular formula is C33H60O3. The van der Waals surface area contributed by atoms with E-state index in [9.17, 15) is 5.11 Å². The van der Waals surface area contributed by atoms with E-state index >= 15 is 0 Å². The first-order valence-corrected chi connectivity index (χ1v) is 15.0. The molecule has 0 spiro atoms. The molecule has 1 aromatic rings. The molecule has 210 valence electrons. The van der Waals surface area contributed by atoms with E-state index in [4.69, 9.17) is 9.47 Å². The van der Waals surface area contributed by atoms with Crippen LogP contribution in [-0.4, -0.2) is 23.9 Å². The number of aromatic hydroxyl groups is 1. The van der Waals surface area contributed by atoms with Crippen LogP contribution in [0, 0.1) is 38.5 Å². The third-order valence-corrected chi connectivity index (χ3v) is 8.28. The van der Waals surface area contributed by atoms with Crippen LogP contribution < -0.4 is 4.74 Å². The molecule has 0 radical (unpaired) electrons. The minimum Gasteiger partial charge on any atom is -0.507 e. The Bertz CT molecular complexity index is 752.